The van der Waals surface area contributed by atoms with Gasteiger partial charge >= 0.3 is 0 Å². The quantitative estimate of drug-likeness (QED) is 0.573. The zero-order valence-electron chi connectivity index (χ0n) is 13.2. The van der Waals surface area contributed by atoms with Crippen molar-refractivity contribution in [1.29, 1.82) is 0 Å². The number of hydrogen-bond donors (Lipinski definition) is 0. The summed E-state index contributed by atoms with van der Waals surface area (Å²) in [6.07, 6.45) is 3.40. The van der Waals surface area contributed by atoms with Crippen LogP contribution >= 0.6 is 12.2 Å². The maximum absolute atomic E-state index is 5.46. The van der Waals surface area contributed by atoms with Crippen LogP contribution in [0.25, 0.3) is 11.1 Å². The lowest BCUT2D eigenvalue weighted by molar-refractivity contribution is 0.853. The smallest absolute Gasteiger partial charge is 0.0154 e. The summed E-state index contributed by atoms with van der Waals surface area (Å²) in [5.74, 6) is 0.367. The van der Waals surface area contributed by atoms with Crippen molar-refractivity contribution >= 4 is 17.1 Å². The van der Waals surface area contributed by atoms with E-state index in [2.05, 4.69) is 69.3 Å². The van der Waals surface area contributed by atoms with Crippen molar-refractivity contribution in [3.63, 3.8) is 0 Å². The zero-order valence-corrected chi connectivity index (χ0v) is 14.0. The van der Waals surface area contributed by atoms with Gasteiger partial charge in [0.05, 0.1) is 0 Å². The number of rotatable bonds is 6. The predicted octanol–water partition coefficient (Wildman–Crippen LogP) is 6.19. The Bertz CT molecular complexity index is 595. The summed E-state index contributed by atoms with van der Waals surface area (Å²) in [5.41, 5.74) is 5.38. The lowest BCUT2D eigenvalue weighted by Gasteiger charge is -2.18. The normalized spacial score (nSPS) is 12.1. The van der Waals surface area contributed by atoms with E-state index in [-0.39, 0.29) is 0 Å². The fourth-order valence-corrected chi connectivity index (χ4v) is 3.22. The Morgan fingerprint density at radius 3 is 2.24 bits per heavy atom. The van der Waals surface area contributed by atoms with Gasteiger partial charge in [0, 0.05) is 5.92 Å². The Morgan fingerprint density at radius 2 is 1.67 bits per heavy atom. The van der Waals surface area contributed by atoms with Crippen LogP contribution in [0.4, 0.5) is 0 Å². The van der Waals surface area contributed by atoms with Gasteiger partial charge in [0.1, 0.15) is 0 Å². The summed E-state index contributed by atoms with van der Waals surface area (Å²) >= 11 is 5.46. The average Bonchev–Trinajstić information content (AvgIpc) is 2.49. The number of benzene rings is 2. The maximum Gasteiger partial charge on any atom is 0.0154 e. The molecule has 1 unspecified atom stereocenters. The van der Waals surface area contributed by atoms with Gasteiger partial charge in [-0.3, -0.25) is 0 Å². The first-order valence-corrected chi connectivity index (χ1v) is 8.26. The molecule has 0 amide bonds. The lowest BCUT2D eigenvalue weighted by Crippen LogP contribution is -2.07. The molecule has 2 aromatic carbocycles. The van der Waals surface area contributed by atoms with Crippen LogP contribution in [0.1, 0.15) is 50.7 Å². The molecular weight excluding hydrogens is 272 g/mol. The van der Waals surface area contributed by atoms with Crippen LogP contribution in [0.2, 0.25) is 0 Å². The van der Waals surface area contributed by atoms with Crippen LogP contribution in [-0.2, 0) is 6.42 Å². The van der Waals surface area contributed by atoms with Gasteiger partial charge in [-0.2, -0.15) is 0 Å². The highest BCUT2D eigenvalue weighted by atomic mass is 32.1. The van der Waals surface area contributed by atoms with E-state index in [0.717, 1.165) is 17.7 Å². The molecule has 0 aliphatic heterocycles. The summed E-state index contributed by atoms with van der Waals surface area (Å²) < 4.78 is 0. The first kappa shape index (κ1) is 15.9. The summed E-state index contributed by atoms with van der Waals surface area (Å²) in [7, 11) is 0. The number of thiocarbonyl (C=S) groups is 1. The summed E-state index contributed by atoms with van der Waals surface area (Å²) in [5, 5.41) is 0. The van der Waals surface area contributed by atoms with Crippen molar-refractivity contribution in [1.82, 2.24) is 0 Å². The Labute approximate surface area is 134 Å². The molecule has 0 N–H and O–H groups in total. The minimum absolute atomic E-state index is 0.367. The van der Waals surface area contributed by atoms with Gasteiger partial charge < -0.3 is 0 Å². The van der Waals surface area contributed by atoms with E-state index >= 15 is 0 Å². The molecule has 0 aliphatic carbocycles. The molecular formula is C20H24S. The molecule has 0 heterocycles. The Morgan fingerprint density at radius 1 is 1.00 bits per heavy atom. The fraction of sp³-hybridized carbons (Fsp3) is 0.350. The predicted molar refractivity (Wildman–Crippen MR) is 97.2 cm³/mol. The molecule has 0 aromatic heterocycles. The number of hydrogen-bond acceptors (Lipinski definition) is 1. The van der Waals surface area contributed by atoms with E-state index < -0.39 is 0 Å². The molecule has 0 saturated heterocycles. The van der Waals surface area contributed by atoms with Gasteiger partial charge in [-0.05, 0) is 46.9 Å². The third-order valence-electron chi connectivity index (χ3n) is 4.04. The van der Waals surface area contributed by atoms with Gasteiger partial charge in [0.2, 0.25) is 0 Å². The van der Waals surface area contributed by atoms with Crippen LogP contribution in [0, 0.1) is 0 Å². The molecule has 1 heteroatoms. The Balaban J connectivity index is 2.41. The van der Waals surface area contributed by atoms with E-state index in [0.29, 0.717) is 5.92 Å². The molecule has 0 radical (unpaired) electrons. The van der Waals surface area contributed by atoms with E-state index in [1.165, 1.54) is 28.7 Å². The molecule has 0 spiro atoms. The number of aryl methyl sites for hydroxylation is 1. The molecule has 0 bridgehead atoms. The Hall–Kier alpha value is -1.47. The van der Waals surface area contributed by atoms with Gasteiger partial charge in [0.25, 0.3) is 0 Å². The van der Waals surface area contributed by atoms with Crippen LogP contribution in [0.15, 0.2) is 48.5 Å². The van der Waals surface area contributed by atoms with E-state index in [1.807, 2.05) is 0 Å². The summed E-state index contributed by atoms with van der Waals surface area (Å²) in [4.78, 5) is 1.08. The van der Waals surface area contributed by atoms with Crippen molar-refractivity contribution in [2.45, 2.75) is 46.0 Å². The zero-order chi connectivity index (χ0) is 15.2. The topological polar surface area (TPSA) is 0 Å². The molecule has 1 atom stereocenters. The Kier molecular flexibility index (Phi) is 5.69. The standard InChI is InChI=1S/C20H24S/c1-4-8-16-11-13-17(14-12-16)19-9-6-7-10-20(19)18(5-2)15(3)21/h6-7,9-14,18H,4-5,8H2,1-3H3. The van der Waals surface area contributed by atoms with E-state index in [9.17, 15) is 0 Å². The minimum Gasteiger partial charge on any atom is -0.0893 e. The van der Waals surface area contributed by atoms with Crippen molar-refractivity contribution in [2.24, 2.45) is 0 Å². The largest absolute Gasteiger partial charge is 0.0893 e. The first-order valence-electron chi connectivity index (χ1n) is 7.86. The summed E-state index contributed by atoms with van der Waals surface area (Å²) in [6.45, 7) is 6.49. The van der Waals surface area contributed by atoms with E-state index in [4.69, 9.17) is 12.2 Å². The molecule has 0 aliphatic rings. The van der Waals surface area contributed by atoms with Crippen molar-refractivity contribution in [2.75, 3.05) is 0 Å². The first-order chi connectivity index (χ1) is 10.2. The molecule has 0 fully saturated rings. The van der Waals surface area contributed by atoms with Crippen molar-refractivity contribution < 1.29 is 0 Å². The molecule has 2 aromatic rings. The summed E-state index contributed by atoms with van der Waals surface area (Å²) in [6, 6.07) is 17.7. The molecule has 21 heavy (non-hydrogen) atoms. The highest BCUT2D eigenvalue weighted by molar-refractivity contribution is 7.80. The highest BCUT2D eigenvalue weighted by Crippen LogP contribution is 2.32. The molecule has 110 valence electrons. The molecule has 2 rings (SSSR count). The maximum atomic E-state index is 5.46. The van der Waals surface area contributed by atoms with Crippen molar-refractivity contribution in [3.8, 4) is 11.1 Å². The highest BCUT2D eigenvalue weighted by Gasteiger charge is 2.15. The van der Waals surface area contributed by atoms with E-state index in [1.54, 1.807) is 0 Å². The molecule has 0 nitrogen and oxygen atoms in total. The lowest BCUT2D eigenvalue weighted by atomic mass is 9.87. The van der Waals surface area contributed by atoms with Gasteiger partial charge in [0.15, 0.2) is 0 Å². The average molecular weight is 296 g/mol. The SMILES string of the molecule is CCCc1ccc(-c2ccccc2C(CC)C(C)=S)cc1. The third-order valence-corrected chi connectivity index (χ3v) is 4.32. The van der Waals surface area contributed by atoms with Gasteiger partial charge in [-0.25, -0.2) is 0 Å². The van der Waals surface area contributed by atoms with Gasteiger partial charge in [-0.15, -0.1) is 0 Å². The van der Waals surface area contributed by atoms with Crippen LogP contribution in [0.5, 0.6) is 0 Å². The molecule has 0 saturated carbocycles. The second kappa shape index (κ2) is 7.51. The van der Waals surface area contributed by atoms with Crippen LogP contribution in [-0.4, -0.2) is 4.86 Å². The minimum atomic E-state index is 0.367. The monoisotopic (exact) mass is 296 g/mol. The van der Waals surface area contributed by atoms with Gasteiger partial charge in [-0.1, -0.05) is 81.0 Å². The third kappa shape index (κ3) is 3.79. The van der Waals surface area contributed by atoms with Crippen molar-refractivity contribution in [3.05, 3.63) is 59.7 Å². The second-order valence-electron chi connectivity index (χ2n) is 5.61. The van der Waals surface area contributed by atoms with Crippen LogP contribution < -0.4 is 0 Å². The van der Waals surface area contributed by atoms with Crippen LogP contribution in [0.3, 0.4) is 0 Å². The fourth-order valence-electron chi connectivity index (χ4n) is 2.93. The second-order valence-corrected chi connectivity index (χ2v) is 6.25.